The smallest absolute Gasteiger partial charge is 0.191 e. The Kier molecular flexibility index (Phi) is 4.49. The highest BCUT2D eigenvalue weighted by Crippen LogP contribution is 2.40. The van der Waals surface area contributed by atoms with E-state index in [4.69, 9.17) is 0 Å². The standard InChI is InChI=1S/C18H17N3OS2/c22-15(16-7-4-10-23-16)12-24-18-20-19-17(14-8-9-14)21(18)11-13-5-2-1-3-6-13/h1-7,10,14H,8-9,11-12H2. The van der Waals surface area contributed by atoms with Crippen molar-refractivity contribution in [2.24, 2.45) is 0 Å². The minimum atomic E-state index is 0.150. The van der Waals surface area contributed by atoms with Crippen molar-refractivity contribution >= 4 is 28.9 Å². The molecule has 0 spiro atoms. The Balaban J connectivity index is 1.53. The topological polar surface area (TPSA) is 47.8 Å². The predicted molar refractivity (Wildman–Crippen MR) is 96.9 cm³/mol. The van der Waals surface area contributed by atoms with Gasteiger partial charge in [0.15, 0.2) is 10.9 Å². The van der Waals surface area contributed by atoms with Crippen molar-refractivity contribution in [3.63, 3.8) is 0 Å². The molecule has 0 aliphatic heterocycles. The SMILES string of the molecule is O=C(CSc1nnc(C2CC2)n1Cc1ccccc1)c1cccs1. The van der Waals surface area contributed by atoms with Crippen LogP contribution >= 0.6 is 23.1 Å². The van der Waals surface area contributed by atoms with Crippen molar-refractivity contribution in [3.8, 4) is 0 Å². The molecule has 3 aromatic rings. The summed E-state index contributed by atoms with van der Waals surface area (Å²) in [6.07, 6.45) is 2.37. The van der Waals surface area contributed by atoms with Crippen LogP contribution in [0, 0.1) is 0 Å². The number of thiophene rings is 1. The van der Waals surface area contributed by atoms with Gasteiger partial charge < -0.3 is 4.57 Å². The molecule has 0 atom stereocenters. The summed E-state index contributed by atoms with van der Waals surface area (Å²) in [4.78, 5) is 13.0. The fourth-order valence-electron chi connectivity index (χ4n) is 2.60. The quantitative estimate of drug-likeness (QED) is 0.470. The van der Waals surface area contributed by atoms with Crippen LogP contribution in [0.5, 0.6) is 0 Å². The molecule has 1 aliphatic carbocycles. The van der Waals surface area contributed by atoms with Crippen molar-refractivity contribution in [1.29, 1.82) is 0 Å². The monoisotopic (exact) mass is 355 g/mol. The van der Waals surface area contributed by atoms with Gasteiger partial charge in [0.25, 0.3) is 0 Å². The van der Waals surface area contributed by atoms with Gasteiger partial charge in [-0.25, -0.2) is 0 Å². The molecule has 0 N–H and O–H groups in total. The lowest BCUT2D eigenvalue weighted by atomic mass is 10.2. The summed E-state index contributed by atoms with van der Waals surface area (Å²) in [7, 11) is 0. The lowest BCUT2D eigenvalue weighted by molar-refractivity contribution is 0.102. The second-order valence-electron chi connectivity index (χ2n) is 5.88. The Morgan fingerprint density at radius 3 is 2.71 bits per heavy atom. The Hall–Kier alpha value is -1.92. The summed E-state index contributed by atoms with van der Waals surface area (Å²) < 4.78 is 2.18. The molecule has 24 heavy (non-hydrogen) atoms. The highest BCUT2D eigenvalue weighted by molar-refractivity contribution is 7.99. The van der Waals surface area contributed by atoms with Gasteiger partial charge in [-0.3, -0.25) is 4.79 Å². The van der Waals surface area contributed by atoms with Crippen molar-refractivity contribution < 1.29 is 4.79 Å². The first-order valence-corrected chi connectivity index (χ1v) is 9.84. The van der Waals surface area contributed by atoms with E-state index < -0.39 is 0 Å². The molecule has 2 heterocycles. The number of thioether (sulfide) groups is 1. The number of Topliss-reactive ketones (excluding diaryl/α,β-unsaturated/α-hetero) is 1. The highest BCUT2D eigenvalue weighted by Gasteiger charge is 2.30. The van der Waals surface area contributed by atoms with E-state index in [2.05, 4.69) is 26.9 Å². The van der Waals surface area contributed by atoms with Gasteiger partial charge in [-0.15, -0.1) is 21.5 Å². The van der Waals surface area contributed by atoms with Crippen molar-refractivity contribution in [3.05, 3.63) is 64.1 Å². The normalized spacial score (nSPS) is 14.0. The number of rotatable bonds is 7. The molecular formula is C18H17N3OS2. The number of hydrogen-bond acceptors (Lipinski definition) is 5. The maximum atomic E-state index is 12.2. The van der Waals surface area contributed by atoms with E-state index in [1.165, 1.54) is 41.5 Å². The zero-order chi connectivity index (χ0) is 16.4. The number of ketones is 1. The molecule has 1 aromatic carbocycles. The molecule has 122 valence electrons. The van der Waals surface area contributed by atoms with Crippen LogP contribution in [0.1, 0.15) is 39.8 Å². The van der Waals surface area contributed by atoms with Crippen LogP contribution in [0.2, 0.25) is 0 Å². The third-order valence-corrected chi connectivity index (χ3v) is 5.88. The number of nitrogens with zero attached hydrogens (tertiary/aromatic N) is 3. The Labute approximate surface area is 148 Å². The molecular weight excluding hydrogens is 338 g/mol. The molecule has 6 heteroatoms. The maximum absolute atomic E-state index is 12.2. The van der Waals surface area contributed by atoms with Crippen LogP contribution in [0.15, 0.2) is 53.0 Å². The van der Waals surface area contributed by atoms with E-state index in [1.807, 2.05) is 35.7 Å². The van der Waals surface area contributed by atoms with Crippen molar-refractivity contribution in [2.45, 2.75) is 30.5 Å². The second-order valence-corrected chi connectivity index (χ2v) is 7.77. The minimum absolute atomic E-state index is 0.150. The van der Waals surface area contributed by atoms with Gasteiger partial charge in [0.1, 0.15) is 5.82 Å². The van der Waals surface area contributed by atoms with Crippen molar-refractivity contribution in [2.75, 3.05) is 5.75 Å². The number of benzene rings is 1. The molecule has 0 bridgehead atoms. The molecule has 4 nitrogen and oxygen atoms in total. The summed E-state index contributed by atoms with van der Waals surface area (Å²) in [5.74, 6) is 2.14. The molecule has 4 rings (SSSR count). The first-order chi connectivity index (χ1) is 11.8. The maximum Gasteiger partial charge on any atom is 0.191 e. The van der Waals surface area contributed by atoms with Crippen LogP contribution in [-0.2, 0) is 6.54 Å². The lowest BCUT2D eigenvalue weighted by Gasteiger charge is -2.09. The summed E-state index contributed by atoms with van der Waals surface area (Å²) in [5, 5.41) is 11.5. The van der Waals surface area contributed by atoms with E-state index in [9.17, 15) is 4.79 Å². The summed E-state index contributed by atoms with van der Waals surface area (Å²) >= 11 is 2.97. The van der Waals surface area contributed by atoms with Crippen molar-refractivity contribution in [1.82, 2.24) is 14.8 Å². The Morgan fingerprint density at radius 2 is 2.00 bits per heavy atom. The predicted octanol–water partition coefficient (Wildman–Crippen LogP) is 4.24. The third kappa shape index (κ3) is 3.44. The molecule has 0 radical (unpaired) electrons. The second kappa shape index (κ2) is 6.91. The minimum Gasteiger partial charge on any atom is -0.301 e. The van der Waals surface area contributed by atoms with E-state index in [1.54, 1.807) is 0 Å². The van der Waals surface area contributed by atoms with Crippen LogP contribution in [0.25, 0.3) is 0 Å². The molecule has 1 saturated carbocycles. The van der Waals surface area contributed by atoms with Gasteiger partial charge in [-0.2, -0.15) is 0 Å². The Bertz CT molecular complexity index is 823. The van der Waals surface area contributed by atoms with Crippen LogP contribution < -0.4 is 0 Å². The van der Waals surface area contributed by atoms with Crippen LogP contribution in [0.4, 0.5) is 0 Å². The van der Waals surface area contributed by atoms with E-state index in [0.717, 1.165) is 22.4 Å². The molecule has 2 aromatic heterocycles. The third-order valence-electron chi connectivity index (χ3n) is 4.00. The van der Waals surface area contributed by atoms with Crippen LogP contribution in [-0.4, -0.2) is 26.3 Å². The van der Waals surface area contributed by atoms with E-state index in [0.29, 0.717) is 11.7 Å². The zero-order valence-corrected chi connectivity index (χ0v) is 14.7. The van der Waals surface area contributed by atoms with Gasteiger partial charge in [0.2, 0.25) is 0 Å². The average molecular weight is 355 g/mol. The molecule has 0 saturated heterocycles. The summed E-state index contributed by atoms with van der Waals surface area (Å²) in [6.45, 7) is 0.759. The van der Waals surface area contributed by atoms with E-state index in [-0.39, 0.29) is 5.78 Å². The van der Waals surface area contributed by atoms with Gasteiger partial charge in [-0.1, -0.05) is 48.2 Å². The number of hydrogen-bond donors (Lipinski definition) is 0. The molecule has 1 fully saturated rings. The molecule has 0 unspecified atom stereocenters. The summed E-state index contributed by atoms with van der Waals surface area (Å²) in [6, 6.07) is 14.1. The largest absolute Gasteiger partial charge is 0.301 e. The first-order valence-electron chi connectivity index (χ1n) is 7.98. The fourth-order valence-corrected chi connectivity index (χ4v) is 4.19. The van der Waals surface area contributed by atoms with Gasteiger partial charge in [0.05, 0.1) is 17.2 Å². The lowest BCUT2D eigenvalue weighted by Crippen LogP contribution is -2.07. The number of carbonyl (C=O) groups is 1. The van der Waals surface area contributed by atoms with Crippen LogP contribution in [0.3, 0.4) is 0 Å². The van der Waals surface area contributed by atoms with Gasteiger partial charge in [0, 0.05) is 5.92 Å². The first kappa shape index (κ1) is 15.6. The number of carbonyl (C=O) groups excluding carboxylic acids is 1. The van der Waals surface area contributed by atoms with E-state index >= 15 is 0 Å². The molecule has 1 aliphatic rings. The fraction of sp³-hybridized carbons (Fsp3) is 0.278. The van der Waals surface area contributed by atoms with Gasteiger partial charge >= 0.3 is 0 Å². The van der Waals surface area contributed by atoms with Gasteiger partial charge in [-0.05, 0) is 29.9 Å². The molecule has 0 amide bonds. The zero-order valence-electron chi connectivity index (χ0n) is 13.1. The Morgan fingerprint density at radius 1 is 1.17 bits per heavy atom. The average Bonchev–Trinajstić information content (AvgIpc) is 3.15. The summed E-state index contributed by atoms with van der Waals surface area (Å²) in [5.41, 5.74) is 1.23. The number of aromatic nitrogens is 3. The highest BCUT2D eigenvalue weighted by atomic mass is 32.2.